The first-order valence-corrected chi connectivity index (χ1v) is 9.86. The Labute approximate surface area is 168 Å². The van der Waals surface area contributed by atoms with Crippen LogP contribution in [0.4, 0.5) is 0 Å². The van der Waals surface area contributed by atoms with Gasteiger partial charge in [0.15, 0.2) is 5.76 Å². The summed E-state index contributed by atoms with van der Waals surface area (Å²) in [4.78, 5) is 18.3. The van der Waals surface area contributed by atoms with E-state index in [1.54, 1.807) is 18.2 Å². The number of ether oxygens (including phenoxy) is 1. The number of likely N-dealkylation sites (tertiary alicyclic amines) is 1. The molecule has 148 valence electrons. The minimum Gasteiger partial charge on any atom is -0.507 e. The van der Waals surface area contributed by atoms with Crippen LogP contribution < -0.4 is 4.74 Å². The number of ketones is 1. The molecule has 3 heterocycles. The summed E-state index contributed by atoms with van der Waals surface area (Å²) in [6.07, 6.45) is 4.76. The van der Waals surface area contributed by atoms with Crippen molar-refractivity contribution in [3.05, 3.63) is 65.0 Å². The van der Waals surface area contributed by atoms with Crippen LogP contribution in [0.5, 0.6) is 11.5 Å². The lowest BCUT2D eigenvalue weighted by molar-refractivity contribution is 0.0786. The molecule has 0 amide bonds. The van der Waals surface area contributed by atoms with E-state index in [1.165, 1.54) is 0 Å². The number of H-pyrrole nitrogens is 1. The second kappa shape index (κ2) is 7.06. The fourth-order valence-electron chi connectivity index (χ4n) is 4.11. The van der Waals surface area contributed by atoms with E-state index in [-0.39, 0.29) is 23.4 Å². The summed E-state index contributed by atoms with van der Waals surface area (Å²) in [5.74, 6) is 0.634. The molecule has 5 rings (SSSR count). The highest BCUT2D eigenvalue weighted by atomic mass is 16.5. The number of aliphatic hydroxyl groups excluding tert-OH is 1. The molecule has 2 aliphatic rings. The van der Waals surface area contributed by atoms with Gasteiger partial charge in [0.1, 0.15) is 11.5 Å². The normalized spacial score (nSPS) is 19.1. The summed E-state index contributed by atoms with van der Waals surface area (Å²) in [6.45, 7) is 1.97. The van der Waals surface area contributed by atoms with Crippen molar-refractivity contribution in [2.24, 2.45) is 0 Å². The van der Waals surface area contributed by atoms with E-state index >= 15 is 0 Å². The Bertz CT molecular complexity index is 1120. The van der Waals surface area contributed by atoms with Gasteiger partial charge >= 0.3 is 0 Å². The molecule has 1 saturated heterocycles. The third-order valence-electron chi connectivity index (χ3n) is 5.76. The number of benzene rings is 2. The number of nitrogens with one attached hydrogen (secondary N) is 1. The number of aromatic amines is 1. The molecule has 0 atom stereocenters. The number of carbonyl (C=O) groups excluding carboxylic acids is 1. The van der Waals surface area contributed by atoms with Crippen LogP contribution >= 0.6 is 0 Å². The molecule has 0 spiro atoms. The van der Waals surface area contributed by atoms with Crippen LogP contribution in [0.1, 0.15) is 34.3 Å². The van der Waals surface area contributed by atoms with Crippen LogP contribution in [0.25, 0.3) is 17.0 Å². The molecule has 0 unspecified atom stereocenters. The van der Waals surface area contributed by atoms with Gasteiger partial charge in [0.2, 0.25) is 5.78 Å². The molecular formula is C23H22N2O4. The van der Waals surface area contributed by atoms with Crippen molar-refractivity contribution in [3.63, 3.8) is 0 Å². The maximum absolute atomic E-state index is 12.9. The second-order valence-electron chi connectivity index (χ2n) is 7.68. The number of hydrogen-bond donors (Lipinski definition) is 3. The van der Waals surface area contributed by atoms with Crippen molar-refractivity contribution in [1.29, 1.82) is 0 Å². The molecule has 2 aliphatic heterocycles. The maximum atomic E-state index is 12.9. The fraction of sp³-hybridized carbons (Fsp3) is 0.261. The summed E-state index contributed by atoms with van der Waals surface area (Å²) < 4.78 is 5.98. The predicted octanol–water partition coefficient (Wildman–Crippen LogP) is 3.45. The minimum absolute atomic E-state index is 0.121. The Balaban J connectivity index is 1.47. The highest BCUT2D eigenvalue weighted by Gasteiger charge is 2.32. The summed E-state index contributed by atoms with van der Waals surface area (Å²) >= 11 is 0. The Morgan fingerprint density at radius 1 is 1.17 bits per heavy atom. The molecule has 1 aromatic heterocycles. The van der Waals surface area contributed by atoms with Crippen LogP contribution in [-0.2, 0) is 6.54 Å². The SMILES string of the molecule is O=C1C(=Cc2c[nH]c3ccccc23)Oc2c1ccc(O)c2CN1CCC(O)CC1. The summed E-state index contributed by atoms with van der Waals surface area (Å²) in [6, 6.07) is 11.1. The zero-order valence-electron chi connectivity index (χ0n) is 15.9. The van der Waals surface area contributed by atoms with Crippen molar-refractivity contribution < 1.29 is 19.7 Å². The smallest absolute Gasteiger partial charge is 0.231 e. The average Bonchev–Trinajstić information content (AvgIpc) is 3.28. The maximum Gasteiger partial charge on any atom is 0.231 e. The molecule has 3 N–H and O–H groups in total. The van der Waals surface area contributed by atoms with E-state index in [0.717, 1.165) is 29.6 Å². The van der Waals surface area contributed by atoms with Crippen molar-refractivity contribution in [2.45, 2.75) is 25.5 Å². The van der Waals surface area contributed by atoms with Gasteiger partial charge in [-0.2, -0.15) is 0 Å². The lowest BCUT2D eigenvalue weighted by Gasteiger charge is -2.29. The van der Waals surface area contributed by atoms with Crippen LogP contribution in [0.2, 0.25) is 0 Å². The lowest BCUT2D eigenvalue weighted by atomic mass is 10.0. The highest BCUT2D eigenvalue weighted by Crippen LogP contribution is 2.40. The lowest BCUT2D eigenvalue weighted by Crippen LogP contribution is -2.35. The third-order valence-corrected chi connectivity index (χ3v) is 5.76. The molecule has 6 nitrogen and oxygen atoms in total. The standard InChI is InChI=1S/C23H22N2O4/c26-15-7-9-25(10-8-15)13-18-20(27)6-5-17-22(28)21(29-23(17)18)11-14-12-24-19-4-2-1-3-16(14)19/h1-6,11-12,15,24,26-27H,7-10,13H2. The molecule has 0 bridgehead atoms. The van der Waals surface area contributed by atoms with Crippen molar-refractivity contribution in [3.8, 4) is 11.5 Å². The highest BCUT2D eigenvalue weighted by molar-refractivity contribution is 6.15. The van der Waals surface area contributed by atoms with Gasteiger partial charge in [-0.05, 0) is 37.1 Å². The van der Waals surface area contributed by atoms with Crippen LogP contribution in [0.3, 0.4) is 0 Å². The van der Waals surface area contributed by atoms with E-state index < -0.39 is 0 Å². The first kappa shape index (κ1) is 18.0. The Hall–Kier alpha value is -3.09. The minimum atomic E-state index is -0.259. The zero-order valence-corrected chi connectivity index (χ0v) is 15.9. The Morgan fingerprint density at radius 3 is 2.79 bits per heavy atom. The Morgan fingerprint density at radius 2 is 1.97 bits per heavy atom. The molecule has 0 radical (unpaired) electrons. The number of phenols is 1. The predicted molar refractivity (Wildman–Crippen MR) is 110 cm³/mol. The van der Waals surface area contributed by atoms with Crippen LogP contribution in [0.15, 0.2) is 48.4 Å². The van der Waals surface area contributed by atoms with Gasteiger partial charge in [0, 0.05) is 42.3 Å². The first-order valence-electron chi connectivity index (χ1n) is 9.86. The number of allylic oxidation sites excluding steroid dienone is 1. The number of Topliss-reactive ketones (excluding diaryl/α,β-unsaturated/α-hetero) is 1. The zero-order chi connectivity index (χ0) is 20.0. The van der Waals surface area contributed by atoms with Gasteiger partial charge in [0.05, 0.1) is 17.2 Å². The summed E-state index contributed by atoms with van der Waals surface area (Å²) in [5, 5.41) is 21.2. The molecular weight excluding hydrogens is 368 g/mol. The van der Waals surface area contributed by atoms with E-state index in [0.29, 0.717) is 36.3 Å². The van der Waals surface area contributed by atoms with E-state index in [2.05, 4.69) is 9.88 Å². The molecule has 29 heavy (non-hydrogen) atoms. The van der Waals surface area contributed by atoms with E-state index in [4.69, 9.17) is 4.74 Å². The number of nitrogens with zero attached hydrogens (tertiary/aromatic N) is 1. The van der Waals surface area contributed by atoms with Crippen molar-refractivity contribution in [2.75, 3.05) is 13.1 Å². The number of piperidine rings is 1. The van der Waals surface area contributed by atoms with Gasteiger partial charge in [0.25, 0.3) is 0 Å². The number of phenolic OH excluding ortho intramolecular Hbond substituents is 1. The van der Waals surface area contributed by atoms with Gasteiger partial charge in [-0.25, -0.2) is 0 Å². The van der Waals surface area contributed by atoms with E-state index in [1.807, 2.05) is 30.5 Å². The average molecular weight is 390 g/mol. The molecule has 6 heteroatoms. The molecule has 1 fully saturated rings. The van der Waals surface area contributed by atoms with Crippen LogP contribution in [-0.4, -0.2) is 45.1 Å². The number of aromatic hydroxyl groups is 1. The van der Waals surface area contributed by atoms with Gasteiger partial charge in [-0.1, -0.05) is 18.2 Å². The number of rotatable bonds is 3. The quantitative estimate of drug-likeness (QED) is 0.597. The monoisotopic (exact) mass is 390 g/mol. The molecule has 0 aliphatic carbocycles. The van der Waals surface area contributed by atoms with Crippen molar-refractivity contribution in [1.82, 2.24) is 9.88 Å². The van der Waals surface area contributed by atoms with Crippen LogP contribution in [0, 0.1) is 0 Å². The molecule has 3 aromatic rings. The summed E-state index contributed by atoms with van der Waals surface area (Å²) in [7, 11) is 0. The van der Waals surface area contributed by atoms with Gasteiger partial charge < -0.3 is 19.9 Å². The van der Waals surface area contributed by atoms with Gasteiger partial charge in [-0.15, -0.1) is 0 Å². The number of para-hydroxylation sites is 1. The number of fused-ring (bicyclic) bond motifs is 2. The second-order valence-corrected chi connectivity index (χ2v) is 7.68. The third kappa shape index (κ3) is 3.20. The van der Waals surface area contributed by atoms with Gasteiger partial charge in [-0.3, -0.25) is 9.69 Å². The van der Waals surface area contributed by atoms with Crippen molar-refractivity contribution >= 4 is 22.8 Å². The topological polar surface area (TPSA) is 85.8 Å². The molecule has 0 saturated carbocycles. The Kier molecular flexibility index (Phi) is 4.38. The number of carbonyl (C=O) groups is 1. The fourth-order valence-corrected chi connectivity index (χ4v) is 4.11. The first-order chi connectivity index (χ1) is 14.1. The molecule has 2 aromatic carbocycles. The van der Waals surface area contributed by atoms with E-state index in [9.17, 15) is 15.0 Å². The number of hydrogen-bond acceptors (Lipinski definition) is 5. The number of aromatic nitrogens is 1. The summed E-state index contributed by atoms with van der Waals surface area (Å²) in [5.41, 5.74) is 2.97. The number of aliphatic hydroxyl groups is 1. The largest absolute Gasteiger partial charge is 0.507 e.